The molecule has 1 aliphatic carbocycles. The molecule has 1 saturated carbocycles. The molecule has 1 fully saturated rings. The van der Waals surface area contributed by atoms with Crippen LogP contribution in [0.15, 0.2) is 0 Å². The van der Waals surface area contributed by atoms with E-state index in [2.05, 4.69) is 46.7 Å². The summed E-state index contributed by atoms with van der Waals surface area (Å²) < 4.78 is 0. The van der Waals surface area contributed by atoms with Crippen LogP contribution >= 0.6 is 20.1 Å². The molecule has 0 N–H and O–H groups in total. The minimum absolute atomic E-state index is 0. The molecule has 0 heterocycles. The molecule has 4 atom stereocenters. The Hall–Kier alpha value is 1.07. The molecule has 1 rings (SSSR count). The zero-order chi connectivity index (χ0) is 13.6. The van der Waals surface area contributed by atoms with E-state index in [1.807, 2.05) is 0 Å². The normalized spacial score (nSPS) is 34.8. The van der Waals surface area contributed by atoms with Gasteiger partial charge in [0.1, 0.15) is 0 Å². The van der Waals surface area contributed by atoms with Gasteiger partial charge in [0.2, 0.25) is 0 Å². The second-order valence-electron chi connectivity index (χ2n) is 5.75. The first kappa shape index (κ1) is 21.4. The fraction of sp³-hybridized carbons (Fsp3) is 0.929. The average Bonchev–Trinajstić information content (AvgIpc) is 2.43. The van der Waals surface area contributed by atoms with Crippen molar-refractivity contribution in [2.75, 3.05) is 20.6 Å². The maximum absolute atomic E-state index is 4.83. The molecule has 0 aliphatic heterocycles. The Morgan fingerprint density at radius 1 is 0.889 bits per heavy atom. The van der Waals surface area contributed by atoms with E-state index in [9.17, 15) is 0 Å². The van der Waals surface area contributed by atoms with Crippen molar-refractivity contribution < 1.29 is 13.4 Å². The zero-order valence-electron chi connectivity index (χ0n) is 12.9. The van der Waals surface area contributed by atoms with E-state index in [1.165, 1.54) is 13.0 Å². The molecule has 0 radical (unpaired) electrons. The summed E-state index contributed by atoms with van der Waals surface area (Å²) >= 11 is -0.181. The molecule has 0 aromatic carbocycles. The molecule has 0 bridgehead atoms. The summed E-state index contributed by atoms with van der Waals surface area (Å²) in [7, 11) is 14.0. The molecule has 1 nitrogen and oxygen atoms in total. The molecule has 1 aliphatic rings. The van der Waals surface area contributed by atoms with Gasteiger partial charge in [-0.1, -0.05) is 27.7 Å². The second kappa shape index (κ2) is 10.8. The van der Waals surface area contributed by atoms with Crippen LogP contribution in [-0.2, 0) is 13.4 Å². The van der Waals surface area contributed by atoms with Crippen molar-refractivity contribution in [1.29, 1.82) is 0 Å². The van der Waals surface area contributed by atoms with E-state index >= 15 is 0 Å². The fourth-order valence-corrected chi connectivity index (χ4v) is 3.15. The van der Waals surface area contributed by atoms with Crippen LogP contribution in [0.3, 0.4) is 0 Å². The molecule has 0 aromatic rings. The van der Waals surface area contributed by atoms with Gasteiger partial charge in [0.25, 0.3) is 0 Å². The number of nitrogens with zero attached hydrogens (tertiary/aromatic N) is 1. The molecule has 4 heteroatoms. The van der Waals surface area contributed by atoms with Crippen molar-refractivity contribution in [2.24, 2.45) is 29.6 Å². The van der Waals surface area contributed by atoms with Crippen molar-refractivity contribution in [3.05, 3.63) is 7.43 Å². The Kier molecular flexibility index (Phi) is 12.8. The van der Waals surface area contributed by atoms with Gasteiger partial charge in [0, 0.05) is 0 Å². The molecule has 0 aromatic heterocycles. The van der Waals surface area contributed by atoms with Gasteiger partial charge in [-0.2, -0.15) is 0 Å². The van der Waals surface area contributed by atoms with Crippen molar-refractivity contribution in [3.63, 3.8) is 0 Å². The van der Waals surface area contributed by atoms with Crippen molar-refractivity contribution in [1.82, 2.24) is 4.90 Å². The zero-order valence-corrected chi connectivity index (χ0v) is 15.7. The van der Waals surface area contributed by atoms with Crippen LogP contribution in [0.2, 0.25) is 0 Å². The first-order valence-corrected chi connectivity index (χ1v) is 9.91. The van der Waals surface area contributed by atoms with E-state index < -0.39 is 0 Å². The summed E-state index contributed by atoms with van der Waals surface area (Å²) in [5, 5.41) is 0. The third kappa shape index (κ3) is 6.49. The topological polar surface area (TPSA) is 3.24 Å². The van der Waals surface area contributed by atoms with E-state index in [1.54, 1.807) is 0 Å². The molecular formula is C14H30Cl2CrN-. The van der Waals surface area contributed by atoms with E-state index in [-0.39, 0.29) is 20.8 Å². The fourth-order valence-electron chi connectivity index (χ4n) is 3.15. The number of rotatable bonds is 3. The SMILES string of the molecule is CC1C(C)C(C)C(CCN(C)C)C1C.[CH3-].[Cl][Cr][Cl]. The summed E-state index contributed by atoms with van der Waals surface area (Å²) in [4.78, 5) is 2.31. The van der Waals surface area contributed by atoms with Gasteiger partial charge in [0.05, 0.1) is 0 Å². The van der Waals surface area contributed by atoms with Crippen molar-refractivity contribution in [3.8, 4) is 0 Å². The second-order valence-corrected chi connectivity index (χ2v) is 7.86. The average molecular weight is 335 g/mol. The maximum atomic E-state index is 4.83. The quantitative estimate of drug-likeness (QED) is 0.661. The molecule has 0 amide bonds. The molecule has 0 saturated heterocycles. The molecule has 18 heavy (non-hydrogen) atoms. The van der Waals surface area contributed by atoms with Crippen LogP contribution in [0.1, 0.15) is 34.1 Å². The van der Waals surface area contributed by atoms with E-state index in [0.717, 1.165) is 29.6 Å². The Labute approximate surface area is 130 Å². The summed E-state index contributed by atoms with van der Waals surface area (Å²) in [5.41, 5.74) is 0. The molecule has 0 spiro atoms. The predicted molar refractivity (Wildman–Crippen MR) is 81.4 cm³/mol. The van der Waals surface area contributed by atoms with Crippen LogP contribution < -0.4 is 0 Å². The number of halogens is 2. The van der Waals surface area contributed by atoms with Crippen LogP contribution in [-0.4, -0.2) is 25.5 Å². The molecule has 112 valence electrons. The number of hydrogen-bond donors (Lipinski definition) is 0. The summed E-state index contributed by atoms with van der Waals surface area (Å²) in [5.74, 6) is 4.61. The van der Waals surface area contributed by atoms with Crippen LogP contribution in [0.5, 0.6) is 0 Å². The van der Waals surface area contributed by atoms with Crippen LogP contribution in [0.25, 0.3) is 0 Å². The third-order valence-electron chi connectivity index (χ3n) is 4.75. The van der Waals surface area contributed by atoms with Gasteiger partial charge in [-0.15, -0.1) is 0 Å². The van der Waals surface area contributed by atoms with Crippen molar-refractivity contribution >= 4 is 20.1 Å². The van der Waals surface area contributed by atoms with Crippen molar-refractivity contribution in [2.45, 2.75) is 34.1 Å². The standard InChI is InChI=1S/C13H27N.CH3.2ClH.Cr/c1-9-10(2)12(4)13(11(9)3)7-8-14(5)6;;;;/h9-13H,7-8H2,1-6H3;1H3;2*1H;/q;-1;;;+2/p-2. The Morgan fingerprint density at radius 2 is 1.22 bits per heavy atom. The first-order chi connectivity index (χ1) is 7.86. The number of hydrogen-bond acceptors (Lipinski definition) is 1. The van der Waals surface area contributed by atoms with E-state index in [0.29, 0.717) is 0 Å². The van der Waals surface area contributed by atoms with Gasteiger partial charge in [0.15, 0.2) is 0 Å². The summed E-state index contributed by atoms with van der Waals surface area (Å²) in [6.45, 7) is 11.0. The summed E-state index contributed by atoms with van der Waals surface area (Å²) in [6.07, 6.45) is 1.38. The first-order valence-electron chi connectivity index (χ1n) is 6.40. The molecular weight excluding hydrogens is 305 g/mol. The Balaban J connectivity index is 0. The minimum atomic E-state index is -0.181. The van der Waals surface area contributed by atoms with Gasteiger partial charge in [-0.3, -0.25) is 0 Å². The molecule has 4 unspecified atom stereocenters. The third-order valence-corrected chi connectivity index (χ3v) is 4.75. The van der Waals surface area contributed by atoms with Gasteiger partial charge < -0.3 is 12.3 Å². The Bertz CT molecular complexity index is 188. The van der Waals surface area contributed by atoms with Gasteiger partial charge >= 0.3 is 33.5 Å². The van der Waals surface area contributed by atoms with Gasteiger partial charge in [-0.25, -0.2) is 0 Å². The Morgan fingerprint density at radius 3 is 1.50 bits per heavy atom. The van der Waals surface area contributed by atoms with E-state index in [4.69, 9.17) is 20.1 Å². The van der Waals surface area contributed by atoms with Gasteiger partial charge in [-0.05, 0) is 56.7 Å². The van der Waals surface area contributed by atoms with Crippen LogP contribution in [0, 0.1) is 37.0 Å². The van der Waals surface area contributed by atoms with Crippen LogP contribution in [0.4, 0.5) is 0 Å². The summed E-state index contributed by atoms with van der Waals surface area (Å²) in [6, 6.07) is 0. The monoisotopic (exact) mass is 334 g/mol. The predicted octanol–water partition coefficient (Wildman–Crippen LogP) is 4.94.